The fourth-order valence-electron chi connectivity index (χ4n) is 2.43. The zero-order chi connectivity index (χ0) is 13.3. The van der Waals surface area contributed by atoms with Crippen LogP contribution in [0.1, 0.15) is 44.1 Å². The largest absolute Gasteiger partial charge is 0.475 e. The van der Waals surface area contributed by atoms with E-state index in [1.165, 1.54) is 37.7 Å². The molecule has 1 saturated carbocycles. The molecule has 0 radical (unpaired) electrons. The number of hydrogen-bond acceptors (Lipinski definition) is 3. The predicted octanol–water partition coefficient (Wildman–Crippen LogP) is 4.99. The molecule has 0 N–H and O–H groups in total. The van der Waals surface area contributed by atoms with Gasteiger partial charge >= 0.3 is 0 Å². The van der Waals surface area contributed by atoms with Crippen molar-refractivity contribution in [3.05, 3.63) is 35.9 Å². The molecule has 0 aliphatic heterocycles. The summed E-state index contributed by atoms with van der Waals surface area (Å²) in [6, 6.07) is 10.6. The van der Waals surface area contributed by atoms with Crippen molar-refractivity contribution < 1.29 is 4.74 Å². The van der Waals surface area contributed by atoms with Crippen molar-refractivity contribution in [3.8, 4) is 0 Å². The van der Waals surface area contributed by atoms with Gasteiger partial charge in [-0.05, 0) is 56.3 Å². The fraction of sp³-hybridized carbons (Fsp3) is 0.562. The van der Waals surface area contributed by atoms with Crippen molar-refractivity contribution in [2.75, 3.05) is 5.75 Å². The highest BCUT2D eigenvalue weighted by atomic mass is 32.2. The van der Waals surface area contributed by atoms with Gasteiger partial charge in [-0.25, -0.2) is 0 Å². The lowest BCUT2D eigenvalue weighted by molar-refractivity contribution is 0.153. The quantitative estimate of drug-likeness (QED) is 0.559. The molecule has 0 amide bonds. The van der Waals surface area contributed by atoms with E-state index in [2.05, 4.69) is 30.3 Å². The lowest BCUT2D eigenvalue weighted by Crippen LogP contribution is -2.18. The highest BCUT2D eigenvalue weighted by molar-refractivity contribution is 8.22. The second-order valence-corrected chi connectivity index (χ2v) is 6.76. The number of aryl methyl sites for hydroxylation is 1. The van der Waals surface area contributed by atoms with Gasteiger partial charge in [0.15, 0.2) is 0 Å². The summed E-state index contributed by atoms with van der Waals surface area (Å²) in [5.41, 5.74) is 1.40. The van der Waals surface area contributed by atoms with Gasteiger partial charge in [0.05, 0.1) is 0 Å². The summed E-state index contributed by atoms with van der Waals surface area (Å²) in [6.45, 7) is 0. The van der Waals surface area contributed by atoms with E-state index in [0.717, 1.165) is 23.0 Å². The average Bonchev–Trinajstić information content (AvgIpc) is 2.46. The van der Waals surface area contributed by atoms with Crippen LogP contribution in [0.4, 0.5) is 0 Å². The molecule has 0 unspecified atom stereocenters. The Bertz CT molecular complexity index is 372. The molecule has 1 aliphatic carbocycles. The van der Waals surface area contributed by atoms with E-state index in [4.69, 9.17) is 17.0 Å². The number of ether oxygens (including phenoxy) is 1. The van der Waals surface area contributed by atoms with Crippen molar-refractivity contribution in [1.29, 1.82) is 0 Å². The first-order valence-electron chi connectivity index (χ1n) is 7.22. The SMILES string of the molecule is S=C(OC1CCCCC1)SCCCc1ccccc1. The van der Waals surface area contributed by atoms with Gasteiger partial charge in [0, 0.05) is 5.75 Å². The highest BCUT2D eigenvalue weighted by Crippen LogP contribution is 2.22. The third kappa shape index (κ3) is 5.96. The first-order chi connectivity index (χ1) is 9.34. The Morgan fingerprint density at radius 2 is 1.89 bits per heavy atom. The Morgan fingerprint density at radius 3 is 2.63 bits per heavy atom. The van der Waals surface area contributed by atoms with Gasteiger partial charge in [0.2, 0.25) is 4.38 Å². The third-order valence-corrected chi connectivity index (χ3v) is 4.76. The summed E-state index contributed by atoms with van der Waals surface area (Å²) in [4.78, 5) is 0. The fourth-order valence-corrected chi connectivity index (χ4v) is 3.48. The van der Waals surface area contributed by atoms with Gasteiger partial charge in [-0.15, -0.1) is 0 Å². The van der Waals surface area contributed by atoms with Crippen LogP contribution in [0.15, 0.2) is 30.3 Å². The van der Waals surface area contributed by atoms with E-state index in [0.29, 0.717) is 6.10 Å². The topological polar surface area (TPSA) is 9.23 Å². The molecule has 1 aromatic rings. The molecule has 2 rings (SSSR count). The standard InChI is InChI=1S/C16H22OS2/c18-16(17-15-11-5-2-6-12-15)19-13-7-10-14-8-3-1-4-9-14/h1,3-4,8-9,15H,2,5-7,10-13H2. The van der Waals surface area contributed by atoms with Crippen molar-refractivity contribution in [1.82, 2.24) is 0 Å². The molecule has 19 heavy (non-hydrogen) atoms. The first-order valence-corrected chi connectivity index (χ1v) is 8.61. The van der Waals surface area contributed by atoms with E-state index in [1.807, 2.05) is 0 Å². The molecule has 0 spiro atoms. The predicted molar refractivity (Wildman–Crippen MR) is 87.8 cm³/mol. The molecule has 1 nitrogen and oxygen atoms in total. The number of hydrogen-bond donors (Lipinski definition) is 0. The minimum atomic E-state index is 0.392. The molecular weight excluding hydrogens is 272 g/mol. The van der Waals surface area contributed by atoms with Crippen LogP contribution in [0.2, 0.25) is 0 Å². The summed E-state index contributed by atoms with van der Waals surface area (Å²) in [6.07, 6.45) is 9.00. The van der Waals surface area contributed by atoms with Gasteiger partial charge in [-0.2, -0.15) is 0 Å². The minimum absolute atomic E-state index is 0.392. The Morgan fingerprint density at radius 1 is 1.16 bits per heavy atom. The maximum absolute atomic E-state index is 5.84. The lowest BCUT2D eigenvalue weighted by atomic mass is 9.98. The number of benzene rings is 1. The molecule has 1 fully saturated rings. The van der Waals surface area contributed by atoms with Crippen molar-refractivity contribution in [2.45, 2.75) is 51.0 Å². The number of thioether (sulfide) groups is 1. The number of rotatable bonds is 5. The molecule has 0 atom stereocenters. The zero-order valence-corrected chi connectivity index (χ0v) is 13.0. The van der Waals surface area contributed by atoms with E-state index in [9.17, 15) is 0 Å². The Labute approximate surface area is 126 Å². The maximum atomic E-state index is 5.84. The summed E-state index contributed by atoms with van der Waals surface area (Å²) >= 11 is 7.00. The summed E-state index contributed by atoms with van der Waals surface area (Å²) in [5, 5.41) is 0. The van der Waals surface area contributed by atoms with Crippen LogP contribution in [-0.4, -0.2) is 16.2 Å². The van der Waals surface area contributed by atoms with Gasteiger partial charge in [-0.1, -0.05) is 48.5 Å². The molecule has 0 saturated heterocycles. The van der Waals surface area contributed by atoms with Gasteiger partial charge < -0.3 is 4.74 Å². The van der Waals surface area contributed by atoms with E-state index in [-0.39, 0.29) is 0 Å². The summed E-state index contributed by atoms with van der Waals surface area (Å²) < 4.78 is 6.59. The van der Waals surface area contributed by atoms with Crippen LogP contribution in [0.25, 0.3) is 0 Å². The molecule has 1 aliphatic rings. The molecule has 104 valence electrons. The molecule has 0 aromatic heterocycles. The second kappa shape index (κ2) is 8.60. The maximum Gasteiger partial charge on any atom is 0.220 e. The minimum Gasteiger partial charge on any atom is -0.475 e. The van der Waals surface area contributed by atoms with Gasteiger partial charge in [0.25, 0.3) is 0 Å². The van der Waals surface area contributed by atoms with E-state index < -0.39 is 0 Å². The zero-order valence-electron chi connectivity index (χ0n) is 11.3. The van der Waals surface area contributed by atoms with Crippen LogP contribution in [0.5, 0.6) is 0 Å². The van der Waals surface area contributed by atoms with Crippen LogP contribution < -0.4 is 0 Å². The second-order valence-electron chi connectivity index (χ2n) is 5.07. The van der Waals surface area contributed by atoms with Crippen LogP contribution >= 0.6 is 24.0 Å². The summed E-state index contributed by atoms with van der Waals surface area (Å²) in [7, 11) is 0. The third-order valence-electron chi connectivity index (χ3n) is 3.49. The van der Waals surface area contributed by atoms with Crippen molar-refractivity contribution in [3.63, 3.8) is 0 Å². The Kier molecular flexibility index (Phi) is 6.72. The average molecular weight is 294 g/mol. The first kappa shape index (κ1) is 14.9. The Balaban J connectivity index is 1.56. The highest BCUT2D eigenvalue weighted by Gasteiger charge is 2.15. The monoisotopic (exact) mass is 294 g/mol. The lowest BCUT2D eigenvalue weighted by Gasteiger charge is -2.22. The smallest absolute Gasteiger partial charge is 0.220 e. The summed E-state index contributed by atoms with van der Waals surface area (Å²) in [5.74, 6) is 1.06. The van der Waals surface area contributed by atoms with E-state index >= 15 is 0 Å². The van der Waals surface area contributed by atoms with Crippen molar-refractivity contribution >= 4 is 28.4 Å². The van der Waals surface area contributed by atoms with E-state index in [1.54, 1.807) is 11.8 Å². The van der Waals surface area contributed by atoms with Gasteiger partial charge in [0.1, 0.15) is 6.10 Å². The normalized spacial score (nSPS) is 16.2. The molecule has 0 heterocycles. The molecule has 0 bridgehead atoms. The van der Waals surface area contributed by atoms with Crippen LogP contribution in [0.3, 0.4) is 0 Å². The molecule has 1 aromatic carbocycles. The Hall–Kier alpha value is -0.540. The van der Waals surface area contributed by atoms with Crippen LogP contribution in [0, 0.1) is 0 Å². The van der Waals surface area contributed by atoms with Gasteiger partial charge in [-0.3, -0.25) is 0 Å². The molecule has 3 heteroatoms. The van der Waals surface area contributed by atoms with Crippen molar-refractivity contribution in [2.24, 2.45) is 0 Å². The number of thiocarbonyl (C=S) groups is 1. The molecular formula is C16H22OS2. The van der Waals surface area contributed by atoms with Crippen LogP contribution in [-0.2, 0) is 11.2 Å².